The Labute approximate surface area is 151 Å². The van der Waals surface area contributed by atoms with E-state index in [0.717, 1.165) is 17.1 Å². The Kier molecular flexibility index (Phi) is 5.48. The molecule has 1 amide bonds. The third kappa shape index (κ3) is 4.66. The van der Waals surface area contributed by atoms with Crippen molar-refractivity contribution >= 4 is 23.2 Å². The molecule has 0 bridgehead atoms. The van der Waals surface area contributed by atoms with Crippen molar-refractivity contribution in [2.24, 2.45) is 11.8 Å². The molecule has 5 nitrogen and oxygen atoms in total. The Balaban J connectivity index is 1.60. The number of nitrogens with zero attached hydrogens (tertiary/aromatic N) is 2. The molecule has 1 fully saturated rings. The number of benzene rings is 1. The smallest absolute Gasteiger partial charge is 0.308 e. The van der Waals surface area contributed by atoms with Crippen LogP contribution in [0.3, 0.4) is 0 Å². The first-order valence-corrected chi connectivity index (χ1v) is 9.37. The summed E-state index contributed by atoms with van der Waals surface area (Å²) < 4.78 is 0. The number of aliphatic carboxylic acids is 1. The summed E-state index contributed by atoms with van der Waals surface area (Å²) in [6, 6.07) is 10.1. The molecule has 0 radical (unpaired) electrons. The van der Waals surface area contributed by atoms with Crippen LogP contribution < -0.4 is 0 Å². The Morgan fingerprint density at radius 3 is 2.76 bits per heavy atom. The lowest BCUT2D eigenvalue weighted by molar-refractivity contribution is -0.146. The number of carboxylic acids is 1. The largest absolute Gasteiger partial charge is 0.481 e. The van der Waals surface area contributed by atoms with Crippen LogP contribution in [0, 0.1) is 11.8 Å². The first-order chi connectivity index (χ1) is 12.0. The predicted molar refractivity (Wildman–Crippen MR) is 96.6 cm³/mol. The lowest BCUT2D eigenvalue weighted by Crippen LogP contribution is -2.46. The molecule has 25 heavy (non-hydrogen) atoms. The Morgan fingerprint density at radius 2 is 2.04 bits per heavy atom. The van der Waals surface area contributed by atoms with Gasteiger partial charge in [0.1, 0.15) is 0 Å². The summed E-state index contributed by atoms with van der Waals surface area (Å²) in [6.07, 6.45) is 1.64. The van der Waals surface area contributed by atoms with Crippen molar-refractivity contribution < 1.29 is 14.7 Å². The highest BCUT2D eigenvalue weighted by molar-refractivity contribution is 7.09. The van der Waals surface area contributed by atoms with Gasteiger partial charge in [-0.15, -0.1) is 11.3 Å². The van der Waals surface area contributed by atoms with Gasteiger partial charge >= 0.3 is 5.97 Å². The topological polar surface area (TPSA) is 70.5 Å². The van der Waals surface area contributed by atoms with Crippen molar-refractivity contribution in [3.63, 3.8) is 0 Å². The van der Waals surface area contributed by atoms with Crippen LogP contribution in [0.2, 0.25) is 0 Å². The summed E-state index contributed by atoms with van der Waals surface area (Å²) in [6.45, 7) is 2.93. The number of piperidine rings is 1. The van der Waals surface area contributed by atoms with Crippen LogP contribution in [0.4, 0.5) is 0 Å². The lowest BCUT2D eigenvalue weighted by atomic mass is 9.90. The van der Waals surface area contributed by atoms with Crippen molar-refractivity contribution in [3.8, 4) is 0 Å². The molecule has 2 heterocycles. The quantitative estimate of drug-likeness (QED) is 0.892. The average molecular weight is 358 g/mol. The molecule has 1 N–H and O–H groups in total. The zero-order chi connectivity index (χ0) is 17.8. The van der Waals surface area contributed by atoms with Crippen LogP contribution >= 0.6 is 11.3 Å². The van der Waals surface area contributed by atoms with Crippen molar-refractivity contribution in [1.82, 2.24) is 9.88 Å². The molecule has 0 aliphatic carbocycles. The number of hydrogen-bond acceptors (Lipinski definition) is 4. The van der Waals surface area contributed by atoms with Crippen molar-refractivity contribution in [2.75, 3.05) is 13.1 Å². The fourth-order valence-corrected chi connectivity index (χ4v) is 4.11. The van der Waals surface area contributed by atoms with Crippen LogP contribution in [0.5, 0.6) is 0 Å². The fraction of sp³-hybridized carbons (Fsp3) is 0.421. The summed E-state index contributed by atoms with van der Waals surface area (Å²) >= 11 is 1.56. The zero-order valence-corrected chi connectivity index (χ0v) is 15.0. The van der Waals surface area contributed by atoms with E-state index in [1.807, 2.05) is 30.5 Å². The van der Waals surface area contributed by atoms with E-state index in [0.29, 0.717) is 19.5 Å². The molecule has 2 unspecified atom stereocenters. The number of carbonyl (C=O) groups is 2. The molecule has 1 aliphatic rings. The SMILES string of the molecule is CC1CC(C(=O)O)CN(C(=O)Cc2csc(Cc3ccccc3)n2)C1. The fourth-order valence-electron chi connectivity index (χ4n) is 3.28. The number of rotatable bonds is 5. The van der Waals surface area contributed by atoms with E-state index in [1.54, 1.807) is 16.2 Å². The summed E-state index contributed by atoms with van der Waals surface area (Å²) in [5, 5.41) is 12.2. The first-order valence-electron chi connectivity index (χ1n) is 8.49. The molecule has 6 heteroatoms. The first kappa shape index (κ1) is 17.6. The minimum Gasteiger partial charge on any atom is -0.481 e. The van der Waals surface area contributed by atoms with Gasteiger partial charge in [-0.3, -0.25) is 9.59 Å². The highest BCUT2D eigenvalue weighted by Gasteiger charge is 2.31. The van der Waals surface area contributed by atoms with Crippen LogP contribution in [-0.4, -0.2) is 40.0 Å². The second-order valence-electron chi connectivity index (χ2n) is 6.75. The molecular formula is C19H22N2O3S. The number of carboxylic acid groups (broad SMARTS) is 1. The normalized spacial score (nSPS) is 20.4. The monoisotopic (exact) mass is 358 g/mol. The maximum Gasteiger partial charge on any atom is 0.308 e. The van der Waals surface area contributed by atoms with Crippen LogP contribution in [0.15, 0.2) is 35.7 Å². The van der Waals surface area contributed by atoms with Gasteiger partial charge in [0, 0.05) is 24.9 Å². The van der Waals surface area contributed by atoms with Gasteiger partial charge in [-0.25, -0.2) is 4.98 Å². The molecule has 0 saturated carbocycles. The zero-order valence-electron chi connectivity index (χ0n) is 14.2. The molecule has 1 aromatic heterocycles. The molecule has 1 aromatic carbocycles. The van der Waals surface area contributed by atoms with Gasteiger partial charge in [0.05, 0.1) is 23.0 Å². The summed E-state index contributed by atoms with van der Waals surface area (Å²) in [7, 11) is 0. The molecule has 3 rings (SSSR count). The highest BCUT2D eigenvalue weighted by Crippen LogP contribution is 2.23. The number of carbonyl (C=O) groups excluding carboxylic acids is 1. The Hall–Kier alpha value is -2.21. The minimum absolute atomic E-state index is 0.0330. The van der Waals surface area contributed by atoms with Crippen LogP contribution in [-0.2, 0) is 22.4 Å². The number of likely N-dealkylation sites (tertiary alicyclic amines) is 1. The van der Waals surface area contributed by atoms with E-state index in [9.17, 15) is 14.7 Å². The third-order valence-corrected chi connectivity index (χ3v) is 5.39. The van der Waals surface area contributed by atoms with E-state index in [1.165, 1.54) is 5.56 Å². The number of thiazole rings is 1. The van der Waals surface area contributed by atoms with Gasteiger partial charge in [-0.05, 0) is 17.9 Å². The van der Waals surface area contributed by atoms with Crippen LogP contribution in [0.25, 0.3) is 0 Å². The third-order valence-electron chi connectivity index (χ3n) is 4.49. The minimum atomic E-state index is -0.817. The molecule has 2 aromatic rings. The Morgan fingerprint density at radius 1 is 1.28 bits per heavy atom. The Bertz CT molecular complexity index is 744. The van der Waals surface area contributed by atoms with Gasteiger partial charge < -0.3 is 10.0 Å². The second kappa shape index (κ2) is 7.78. The number of amides is 1. The standard InChI is InChI=1S/C19H22N2O3S/c1-13-7-15(19(23)24)11-21(10-13)18(22)9-16-12-25-17(20-16)8-14-5-3-2-4-6-14/h2-6,12-13,15H,7-11H2,1H3,(H,23,24). The molecule has 0 spiro atoms. The van der Waals surface area contributed by atoms with Gasteiger partial charge in [0.2, 0.25) is 5.91 Å². The van der Waals surface area contributed by atoms with E-state index in [4.69, 9.17) is 0 Å². The van der Waals surface area contributed by atoms with Gasteiger partial charge in [0.15, 0.2) is 0 Å². The lowest BCUT2D eigenvalue weighted by Gasteiger charge is -2.34. The maximum atomic E-state index is 12.5. The van der Waals surface area contributed by atoms with E-state index >= 15 is 0 Å². The summed E-state index contributed by atoms with van der Waals surface area (Å²) in [4.78, 5) is 30.1. The second-order valence-corrected chi connectivity index (χ2v) is 7.69. The van der Waals surface area contributed by atoms with E-state index in [-0.39, 0.29) is 18.2 Å². The molecular weight excluding hydrogens is 336 g/mol. The molecule has 1 aliphatic heterocycles. The molecule has 2 atom stereocenters. The highest BCUT2D eigenvalue weighted by atomic mass is 32.1. The van der Waals surface area contributed by atoms with Gasteiger partial charge in [-0.1, -0.05) is 37.3 Å². The van der Waals surface area contributed by atoms with Gasteiger partial charge in [-0.2, -0.15) is 0 Å². The maximum absolute atomic E-state index is 12.5. The number of hydrogen-bond donors (Lipinski definition) is 1. The van der Waals surface area contributed by atoms with Crippen molar-refractivity contribution in [1.29, 1.82) is 0 Å². The van der Waals surface area contributed by atoms with Crippen molar-refractivity contribution in [3.05, 3.63) is 52.0 Å². The van der Waals surface area contributed by atoms with E-state index < -0.39 is 11.9 Å². The van der Waals surface area contributed by atoms with Gasteiger partial charge in [0.25, 0.3) is 0 Å². The predicted octanol–water partition coefficient (Wildman–Crippen LogP) is 2.85. The number of aromatic nitrogens is 1. The van der Waals surface area contributed by atoms with E-state index in [2.05, 4.69) is 17.1 Å². The molecule has 132 valence electrons. The molecule has 1 saturated heterocycles. The average Bonchev–Trinajstić information content (AvgIpc) is 3.02. The van der Waals surface area contributed by atoms with Crippen LogP contribution in [0.1, 0.15) is 29.6 Å². The summed E-state index contributed by atoms with van der Waals surface area (Å²) in [5.74, 6) is -1.10. The summed E-state index contributed by atoms with van der Waals surface area (Å²) in [5.41, 5.74) is 1.97. The van der Waals surface area contributed by atoms with Crippen molar-refractivity contribution in [2.45, 2.75) is 26.2 Å².